The third-order valence-electron chi connectivity index (χ3n) is 3.90. The molecule has 0 bridgehead atoms. The van der Waals surface area contributed by atoms with Crippen LogP contribution in [-0.2, 0) is 4.74 Å². The van der Waals surface area contributed by atoms with Crippen LogP contribution in [0.15, 0.2) is 53.0 Å². The summed E-state index contributed by atoms with van der Waals surface area (Å²) in [5.41, 5.74) is 2.49. The van der Waals surface area contributed by atoms with Crippen molar-refractivity contribution in [1.29, 1.82) is 0 Å². The molecular formula is C19H19N3O3S. The Balaban J connectivity index is 1.85. The average Bonchev–Trinajstić information content (AvgIpc) is 3.24. The zero-order valence-electron chi connectivity index (χ0n) is 14.5. The highest BCUT2D eigenvalue weighted by atomic mass is 32.1. The van der Waals surface area contributed by atoms with Crippen LogP contribution in [0, 0.1) is 6.92 Å². The highest BCUT2D eigenvalue weighted by Gasteiger charge is 2.33. The Hall–Kier alpha value is -2.93. The molecule has 7 heteroatoms. The van der Waals surface area contributed by atoms with Crippen molar-refractivity contribution in [3.63, 3.8) is 0 Å². The van der Waals surface area contributed by atoms with Gasteiger partial charge >= 0.3 is 6.09 Å². The molecule has 1 aliphatic heterocycles. The summed E-state index contributed by atoms with van der Waals surface area (Å²) in [5.74, 6) is 0.711. The number of methoxy groups -OCH3 is 1. The number of nitrogens with one attached hydrogen (secondary N) is 1. The Bertz CT molecular complexity index is 872. The lowest BCUT2D eigenvalue weighted by atomic mass is 10.0. The lowest BCUT2D eigenvalue weighted by Crippen LogP contribution is -2.25. The number of benzene rings is 1. The van der Waals surface area contributed by atoms with Gasteiger partial charge in [-0.05, 0) is 31.3 Å². The molecule has 1 saturated heterocycles. The van der Waals surface area contributed by atoms with E-state index < -0.39 is 12.2 Å². The van der Waals surface area contributed by atoms with E-state index in [0.717, 1.165) is 21.8 Å². The molecule has 0 radical (unpaired) electrons. The van der Waals surface area contributed by atoms with Gasteiger partial charge in [-0.25, -0.2) is 9.78 Å². The fourth-order valence-corrected chi connectivity index (χ4v) is 3.30. The van der Waals surface area contributed by atoms with Crippen molar-refractivity contribution >= 4 is 29.7 Å². The molecule has 0 spiro atoms. The van der Waals surface area contributed by atoms with E-state index in [4.69, 9.17) is 9.47 Å². The molecule has 0 unspecified atom stereocenters. The van der Waals surface area contributed by atoms with Crippen LogP contribution in [0.1, 0.15) is 22.4 Å². The Morgan fingerprint density at radius 3 is 3.04 bits per heavy atom. The summed E-state index contributed by atoms with van der Waals surface area (Å²) in [4.78, 5) is 20.1. The van der Waals surface area contributed by atoms with E-state index in [-0.39, 0.29) is 6.04 Å². The van der Waals surface area contributed by atoms with Gasteiger partial charge in [-0.2, -0.15) is 0 Å². The molecule has 3 rings (SSSR count). The second-order valence-corrected chi connectivity index (χ2v) is 6.71. The number of nitrogens with zero attached hydrogens (tertiary/aromatic N) is 2. The number of cyclic esters (lactones) is 1. The minimum atomic E-state index is -0.454. The van der Waals surface area contributed by atoms with Crippen molar-refractivity contribution < 1.29 is 14.3 Å². The molecular weight excluding hydrogens is 350 g/mol. The number of alkyl carbamates (subject to hydrolysis) is 1. The molecule has 1 amide bonds. The van der Waals surface area contributed by atoms with E-state index in [1.54, 1.807) is 24.6 Å². The monoisotopic (exact) mass is 369 g/mol. The highest BCUT2D eigenvalue weighted by Crippen LogP contribution is 2.30. The fourth-order valence-electron chi connectivity index (χ4n) is 2.67. The van der Waals surface area contributed by atoms with Crippen LogP contribution in [0.3, 0.4) is 0 Å². The van der Waals surface area contributed by atoms with Crippen LogP contribution < -0.4 is 10.1 Å². The predicted octanol–water partition coefficient (Wildman–Crippen LogP) is 3.91. The first-order valence-corrected chi connectivity index (χ1v) is 8.86. The summed E-state index contributed by atoms with van der Waals surface area (Å²) < 4.78 is 10.7. The largest absolute Gasteiger partial charge is 0.497 e. The van der Waals surface area contributed by atoms with Gasteiger partial charge in [-0.15, -0.1) is 11.3 Å². The Morgan fingerprint density at radius 1 is 1.50 bits per heavy atom. The minimum Gasteiger partial charge on any atom is -0.497 e. The van der Waals surface area contributed by atoms with Gasteiger partial charge in [0.05, 0.1) is 23.9 Å². The molecule has 2 heterocycles. The van der Waals surface area contributed by atoms with Gasteiger partial charge in [0, 0.05) is 17.2 Å². The van der Waals surface area contributed by atoms with Crippen LogP contribution in [0.25, 0.3) is 5.57 Å². The normalized spacial score (nSPS) is 20.1. The molecule has 2 aromatic rings. The molecule has 26 heavy (non-hydrogen) atoms. The standard InChI is InChI=1S/C19H19N3O3S/c1-12-21-17(11-26-12)14(10-20-2)7-8-16-18(25-19(23)22-16)13-5-4-6-15(9-13)24-3/h4-11,16,18H,2H2,1,3H3,(H,22,23)/b8-7+,14-10+/t16-,18-/m1/s1. The molecule has 1 aromatic carbocycles. The number of carbonyl (C=O) groups excluding carboxylic acids is 1. The van der Waals surface area contributed by atoms with Crippen molar-refractivity contribution in [2.45, 2.75) is 19.1 Å². The number of hydrogen-bond donors (Lipinski definition) is 1. The second kappa shape index (κ2) is 7.97. The zero-order chi connectivity index (χ0) is 18.5. The number of carbonyl (C=O) groups is 1. The first-order chi connectivity index (χ1) is 12.6. The number of aryl methyl sites for hydroxylation is 1. The van der Waals surface area contributed by atoms with Crippen molar-refractivity contribution in [3.05, 3.63) is 64.3 Å². The molecule has 6 nitrogen and oxygen atoms in total. The number of amides is 1. The van der Waals surface area contributed by atoms with E-state index >= 15 is 0 Å². The van der Waals surface area contributed by atoms with Crippen molar-refractivity contribution in [1.82, 2.24) is 10.3 Å². The second-order valence-electron chi connectivity index (χ2n) is 5.65. The smallest absolute Gasteiger partial charge is 0.408 e. The summed E-state index contributed by atoms with van der Waals surface area (Å²) in [7, 11) is 1.60. The van der Waals surface area contributed by atoms with Crippen molar-refractivity contribution in [2.24, 2.45) is 4.99 Å². The quantitative estimate of drug-likeness (QED) is 0.619. The summed E-state index contributed by atoms with van der Waals surface area (Å²) in [6, 6.07) is 7.16. The van der Waals surface area contributed by atoms with Gasteiger partial charge in [-0.1, -0.05) is 24.3 Å². The molecule has 0 saturated carbocycles. The number of ether oxygens (including phenoxy) is 2. The van der Waals surface area contributed by atoms with E-state index in [1.165, 1.54) is 0 Å². The maximum Gasteiger partial charge on any atom is 0.408 e. The minimum absolute atomic E-state index is 0.317. The molecule has 0 aliphatic carbocycles. The van der Waals surface area contributed by atoms with E-state index in [9.17, 15) is 4.79 Å². The van der Waals surface area contributed by atoms with Crippen LogP contribution in [-0.4, -0.2) is 30.9 Å². The molecule has 1 N–H and O–H groups in total. The number of aromatic nitrogens is 1. The number of aliphatic imine (C=N–C) groups is 1. The number of allylic oxidation sites excluding steroid dienone is 2. The van der Waals surface area contributed by atoms with Crippen LogP contribution >= 0.6 is 11.3 Å². The van der Waals surface area contributed by atoms with Gasteiger partial charge in [0.1, 0.15) is 5.75 Å². The maximum atomic E-state index is 11.8. The van der Waals surface area contributed by atoms with Crippen LogP contribution in [0.2, 0.25) is 0 Å². The van der Waals surface area contributed by atoms with E-state index in [0.29, 0.717) is 5.75 Å². The summed E-state index contributed by atoms with van der Waals surface area (Å²) in [6.45, 7) is 5.46. The first-order valence-electron chi connectivity index (χ1n) is 7.98. The van der Waals surface area contributed by atoms with Gasteiger partial charge in [0.2, 0.25) is 0 Å². The highest BCUT2D eigenvalue weighted by molar-refractivity contribution is 7.09. The average molecular weight is 369 g/mol. The third kappa shape index (κ3) is 4.00. The SMILES string of the molecule is C=N/C=C(\C=C\[C@H]1NC(=O)O[C@@H]1c1cccc(OC)c1)c1csc(C)n1. The lowest BCUT2D eigenvalue weighted by molar-refractivity contribution is 0.136. The molecule has 1 aliphatic rings. The van der Waals surface area contributed by atoms with Gasteiger partial charge in [0.15, 0.2) is 6.10 Å². The number of rotatable bonds is 6. The predicted molar refractivity (Wildman–Crippen MR) is 103 cm³/mol. The van der Waals surface area contributed by atoms with Gasteiger partial charge in [-0.3, -0.25) is 4.99 Å². The number of hydrogen-bond acceptors (Lipinski definition) is 6. The van der Waals surface area contributed by atoms with Crippen molar-refractivity contribution in [2.75, 3.05) is 7.11 Å². The third-order valence-corrected chi connectivity index (χ3v) is 4.67. The summed E-state index contributed by atoms with van der Waals surface area (Å²) >= 11 is 1.56. The summed E-state index contributed by atoms with van der Waals surface area (Å²) in [6.07, 6.45) is 4.49. The lowest BCUT2D eigenvalue weighted by Gasteiger charge is -2.15. The van der Waals surface area contributed by atoms with Crippen molar-refractivity contribution in [3.8, 4) is 5.75 Å². The first kappa shape index (κ1) is 17.9. The molecule has 2 atom stereocenters. The summed E-state index contributed by atoms with van der Waals surface area (Å²) in [5, 5.41) is 5.74. The maximum absolute atomic E-state index is 11.8. The van der Waals surface area contributed by atoms with Crippen LogP contribution in [0.4, 0.5) is 4.79 Å². The number of thiazole rings is 1. The zero-order valence-corrected chi connectivity index (χ0v) is 15.3. The molecule has 134 valence electrons. The van der Waals surface area contributed by atoms with Gasteiger partial charge in [0.25, 0.3) is 0 Å². The Morgan fingerprint density at radius 2 is 2.35 bits per heavy atom. The Kier molecular flexibility index (Phi) is 5.48. The van der Waals surface area contributed by atoms with E-state index in [2.05, 4.69) is 22.0 Å². The molecule has 1 fully saturated rings. The van der Waals surface area contributed by atoms with Gasteiger partial charge < -0.3 is 14.8 Å². The van der Waals surface area contributed by atoms with Crippen LogP contribution in [0.5, 0.6) is 5.75 Å². The molecule has 1 aromatic heterocycles. The van der Waals surface area contributed by atoms with E-state index in [1.807, 2.05) is 48.7 Å². The fraction of sp³-hybridized carbons (Fsp3) is 0.211. The topological polar surface area (TPSA) is 72.8 Å². The Labute approximate surface area is 155 Å².